The largest absolute Gasteiger partial charge is 0.507 e. The predicted octanol–water partition coefficient (Wildman–Crippen LogP) is 1.63. The zero-order chi connectivity index (χ0) is 17.2. The highest BCUT2D eigenvalue weighted by Crippen LogP contribution is 2.36. The van der Waals surface area contributed by atoms with E-state index < -0.39 is 18.3 Å². The van der Waals surface area contributed by atoms with Crippen LogP contribution in [0, 0.1) is 0 Å². The molecule has 0 bridgehead atoms. The lowest BCUT2D eigenvalue weighted by atomic mass is 9.89. The number of nitrogens with zero attached hydrogens (tertiary/aromatic N) is 3. The van der Waals surface area contributed by atoms with E-state index >= 15 is 0 Å². The molecule has 0 saturated carbocycles. The molecule has 0 amide bonds. The number of aromatic nitrogens is 3. The molecule has 0 atom stereocenters. The van der Waals surface area contributed by atoms with Crippen molar-refractivity contribution in [2.75, 3.05) is 0 Å². The molecule has 0 aliphatic carbocycles. The average Bonchev–Trinajstić information content (AvgIpc) is 2.99. The maximum absolute atomic E-state index is 8.04. The number of thiazole rings is 1. The maximum atomic E-state index is 8.04. The van der Waals surface area contributed by atoms with Gasteiger partial charge in [0.25, 0.3) is 0 Å². The van der Waals surface area contributed by atoms with Gasteiger partial charge in [-0.15, -0.1) is 11.3 Å². The minimum absolute atomic E-state index is 0.0172. The summed E-state index contributed by atoms with van der Waals surface area (Å²) in [6.07, 6.45) is -0.547. The van der Waals surface area contributed by atoms with Crippen molar-refractivity contribution in [3.05, 3.63) is 24.6 Å². The van der Waals surface area contributed by atoms with Gasteiger partial charge in [0.05, 0.1) is 21.5 Å². The molecular formula is C12H16BN3O2S. The molecule has 0 spiro atoms. The molecule has 0 N–H and O–H groups in total. The highest BCUT2D eigenvalue weighted by molar-refractivity contribution is 7.24. The van der Waals surface area contributed by atoms with Gasteiger partial charge >= 0.3 is 7.12 Å². The second kappa shape index (κ2) is 4.16. The molecule has 3 heterocycles. The van der Waals surface area contributed by atoms with Crippen LogP contribution in [0.25, 0.3) is 5.13 Å². The van der Waals surface area contributed by atoms with Crippen LogP contribution in [-0.2, 0) is 9.31 Å². The van der Waals surface area contributed by atoms with E-state index in [-0.39, 0.29) is 29.7 Å². The van der Waals surface area contributed by atoms with Gasteiger partial charge < -0.3 is 9.31 Å². The maximum Gasteiger partial charge on any atom is 0.507 e. The average molecular weight is 281 g/mol. The van der Waals surface area contributed by atoms with Crippen molar-refractivity contribution in [3.8, 4) is 5.13 Å². The highest BCUT2D eigenvalue weighted by atomic mass is 32.1. The van der Waals surface area contributed by atoms with E-state index in [1.165, 1.54) is 0 Å². The van der Waals surface area contributed by atoms with Crippen LogP contribution in [0.3, 0.4) is 0 Å². The van der Waals surface area contributed by atoms with E-state index in [9.17, 15) is 0 Å². The molecular weight excluding hydrogens is 261 g/mol. The second-order valence-corrected chi connectivity index (χ2v) is 6.33. The smallest absolute Gasteiger partial charge is 0.399 e. The van der Waals surface area contributed by atoms with Crippen molar-refractivity contribution >= 4 is 23.2 Å². The monoisotopic (exact) mass is 281 g/mol. The number of hydrogen-bond acceptors (Lipinski definition) is 5. The summed E-state index contributed by atoms with van der Waals surface area (Å²) in [5, 5.41) is 4.06. The van der Waals surface area contributed by atoms with Gasteiger partial charge in [-0.25, -0.2) is 9.67 Å². The summed E-state index contributed by atoms with van der Waals surface area (Å²) < 4.78 is 44.3. The van der Waals surface area contributed by atoms with Gasteiger partial charge in [-0.3, -0.25) is 0 Å². The fourth-order valence-corrected chi connectivity index (χ4v) is 2.40. The van der Waals surface area contributed by atoms with E-state index in [1.54, 1.807) is 0 Å². The van der Waals surface area contributed by atoms with Gasteiger partial charge in [0.2, 0.25) is 5.13 Å². The summed E-state index contributed by atoms with van der Waals surface area (Å²) in [6.45, 7) is 7.69. The Balaban J connectivity index is 1.98. The molecule has 2 aromatic heterocycles. The van der Waals surface area contributed by atoms with Gasteiger partial charge in [-0.2, -0.15) is 5.10 Å². The highest BCUT2D eigenvalue weighted by Gasteiger charge is 2.52. The normalized spacial score (nSPS) is 23.9. The van der Waals surface area contributed by atoms with Crippen molar-refractivity contribution < 1.29 is 14.8 Å². The Kier molecular flexibility index (Phi) is 1.95. The molecule has 100 valence electrons. The van der Waals surface area contributed by atoms with Gasteiger partial charge in [-0.1, -0.05) is 0 Å². The van der Waals surface area contributed by atoms with Crippen molar-refractivity contribution in [1.82, 2.24) is 14.8 Å². The zero-order valence-electron chi connectivity index (χ0n) is 15.1. The van der Waals surface area contributed by atoms with E-state index in [0.717, 1.165) is 16.0 Å². The van der Waals surface area contributed by atoms with Crippen molar-refractivity contribution in [2.24, 2.45) is 0 Å². The molecule has 5 nitrogen and oxygen atoms in total. The van der Waals surface area contributed by atoms with E-state index in [2.05, 4.69) is 10.1 Å². The van der Waals surface area contributed by atoms with Crippen LogP contribution < -0.4 is 4.78 Å². The van der Waals surface area contributed by atoms with Gasteiger partial charge in [0.15, 0.2) is 0 Å². The van der Waals surface area contributed by atoms with Crippen molar-refractivity contribution in [1.29, 1.82) is 0 Å². The third-order valence-corrected chi connectivity index (χ3v) is 4.43. The summed E-state index contributed by atoms with van der Waals surface area (Å²) in [7, 11) is -0.713. The SMILES string of the molecule is [2H]c1nc(-n2nc([2H])c([2H])c2[2H])sc1B1OC(C)(C)C(C)(C)O1. The Morgan fingerprint density at radius 2 is 2.00 bits per heavy atom. The first-order valence-electron chi connectivity index (χ1n) is 7.89. The molecule has 1 aliphatic rings. The summed E-state index contributed by atoms with van der Waals surface area (Å²) in [5.74, 6) is 0. The topological polar surface area (TPSA) is 49.2 Å². The molecule has 0 aromatic carbocycles. The Labute approximate surface area is 122 Å². The molecule has 0 radical (unpaired) electrons. The minimum Gasteiger partial charge on any atom is -0.399 e. The molecule has 1 saturated heterocycles. The van der Waals surface area contributed by atoms with Crippen molar-refractivity contribution in [3.63, 3.8) is 0 Å². The van der Waals surface area contributed by atoms with Gasteiger partial charge in [0, 0.05) is 18.5 Å². The molecule has 19 heavy (non-hydrogen) atoms. The molecule has 1 fully saturated rings. The van der Waals surface area contributed by atoms with Crippen LogP contribution in [0.1, 0.15) is 33.2 Å². The molecule has 0 unspecified atom stereocenters. The molecule has 2 aromatic rings. The van der Waals surface area contributed by atoms with Crippen LogP contribution in [0.4, 0.5) is 0 Å². The fourth-order valence-electron chi connectivity index (χ4n) is 1.66. The van der Waals surface area contributed by atoms with E-state index in [0.29, 0.717) is 4.78 Å². The zero-order valence-corrected chi connectivity index (χ0v) is 12.0. The van der Waals surface area contributed by atoms with Crippen LogP contribution in [0.2, 0.25) is 0 Å². The number of hydrogen-bond donors (Lipinski definition) is 0. The van der Waals surface area contributed by atoms with Crippen LogP contribution in [0.15, 0.2) is 24.6 Å². The lowest BCUT2D eigenvalue weighted by Crippen LogP contribution is -2.41. The second-order valence-electron chi connectivity index (χ2n) is 5.32. The standard InChI is InChI=1S/C12H16BN3O2S/c1-11(2)12(3,4)18-13(17-11)9-8-14-10(19-9)16-7-5-6-15-16/h5-8H,1-4H3/i5D,6D,7D,8D. The minimum atomic E-state index is -0.713. The molecule has 3 rings (SSSR count). The Morgan fingerprint density at radius 1 is 1.32 bits per heavy atom. The van der Waals surface area contributed by atoms with Crippen molar-refractivity contribution in [2.45, 2.75) is 38.9 Å². The third kappa shape index (κ3) is 2.11. The Morgan fingerprint density at radius 3 is 2.58 bits per heavy atom. The van der Waals surface area contributed by atoms with Crippen LogP contribution in [0.5, 0.6) is 0 Å². The van der Waals surface area contributed by atoms with Crippen LogP contribution in [-0.4, -0.2) is 33.1 Å². The summed E-state index contributed by atoms with van der Waals surface area (Å²) in [6, 6.07) is -0.274. The van der Waals surface area contributed by atoms with E-state index in [4.69, 9.17) is 14.8 Å². The first-order chi connectivity index (χ1) is 10.5. The first-order valence-corrected chi connectivity index (χ1v) is 6.71. The summed E-state index contributed by atoms with van der Waals surface area (Å²) in [5.41, 5.74) is -1.05. The Hall–Kier alpha value is -1.18. The molecule has 1 aliphatic heterocycles. The lowest BCUT2D eigenvalue weighted by Gasteiger charge is -2.32. The fraction of sp³-hybridized carbons (Fsp3) is 0.500. The summed E-state index contributed by atoms with van der Waals surface area (Å²) in [4.78, 5) is 4.08. The van der Waals surface area contributed by atoms with E-state index in [1.807, 2.05) is 27.7 Å². The lowest BCUT2D eigenvalue weighted by molar-refractivity contribution is 0.00578. The Bertz CT molecular complexity index is 761. The predicted molar refractivity (Wildman–Crippen MR) is 75.0 cm³/mol. The van der Waals surface area contributed by atoms with Gasteiger partial charge in [0.1, 0.15) is 0 Å². The van der Waals surface area contributed by atoms with Crippen LogP contribution >= 0.6 is 11.3 Å². The molecule has 7 heteroatoms. The summed E-state index contributed by atoms with van der Waals surface area (Å²) >= 11 is 1.11. The quantitative estimate of drug-likeness (QED) is 0.785. The first kappa shape index (κ1) is 8.89. The third-order valence-electron chi connectivity index (χ3n) is 3.48. The van der Waals surface area contributed by atoms with Gasteiger partial charge in [-0.05, 0) is 33.7 Å². The number of rotatable bonds is 2.